The van der Waals surface area contributed by atoms with Gasteiger partial charge in [-0.05, 0) is 44.0 Å². The van der Waals surface area contributed by atoms with Gasteiger partial charge in [-0.25, -0.2) is 0 Å². The van der Waals surface area contributed by atoms with Gasteiger partial charge in [0.25, 0.3) is 0 Å². The highest BCUT2D eigenvalue weighted by atomic mass is 35.5. The van der Waals surface area contributed by atoms with Gasteiger partial charge in [-0.3, -0.25) is 4.79 Å². The fourth-order valence-corrected chi connectivity index (χ4v) is 1.94. The van der Waals surface area contributed by atoms with Crippen LogP contribution >= 0.6 is 11.6 Å². The maximum atomic E-state index is 10.4. The fourth-order valence-electron chi connectivity index (χ4n) is 1.82. The van der Waals surface area contributed by atoms with Crippen LogP contribution < -0.4 is 5.32 Å². The Morgan fingerprint density at radius 2 is 2.16 bits per heavy atom. The zero-order valence-electron chi connectivity index (χ0n) is 11.2. The van der Waals surface area contributed by atoms with Crippen LogP contribution in [-0.2, 0) is 4.79 Å². The van der Waals surface area contributed by atoms with E-state index in [1.54, 1.807) is 12.1 Å². The molecule has 1 rings (SSSR count). The lowest BCUT2D eigenvalue weighted by atomic mass is 10.0. The van der Waals surface area contributed by atoms with E-state index in [1.165, 1.54) is 0 Å². The van der Waals surface area contributed by atoms with Crippen LogP contribution in [0.25, 0.3) is 0 Å². The third-order valence-corrected chi connectivity index (χ3v) is 3.45. The lowest BCUT2D eigenvalue weighted by Crippen LogP contribution is -2.33. The van der Waals surface area contributed by atoms with E-state index < -0.39 is 12.1 Å². The first kappa shape index (κ1) is 16.0. The van der Waals surface area contributed by atoms with E-state index >= 15 is 0 Å². The molecule has 0 fully saturated rings. The molecule has 0 aliphatic heterocycles. The van der Waals surface area contributed by atoms with Crippen molar-refractivity contribution in [1.29, 1.82) is 0 Å². The van der Waals surface area contributed by atoms with Gasteiger partial charge in [0.2, 0.25) is 0 Å². The molecule has 0 aliphatic rings. The molecular formula is C14H20ClNO3. The van der Waals surface area contributed by atoms with Crippen LogP contribution in [-0.4, -0.2) is 28.8 Å². The number of benzene rings is 1. The van der Waals surface area contributed by atoms with E-state index in [0.717, 1.165) is 11.1 Å². The van der Waals surface area contributed by atoms with Crippen molar-refractivity contribution in [3.05, 3.63) is 34.3 Å². The fraction of sp³-hybridized carbons (Fsp3) is 0.500. The van der Waals surface area contributed by atoms with Gasteiger partial charge in [-0.1, -0.05) is 23.7 Å². The lowest BCUT2D eigenvalue weighted by molar-refractivity contribution is -0.137. The summed E-state index contributed by atoms with van der Waals surface area (Å²) in [5.74, 6) is -0.802. The van der Waals surface area contributed by atoms with Crippen LogP contribution in [0.4, 0.5) is 0 Å². The highest BCUT2D eigenvalue weighted by Gasteiger charge is 2.16. The summed E-state index contributed by atoms with van der Waals surface area (Å²) >= 11 is 5.94. The van der Waals surface area contributed by atoms with E-state index in [9.17, 15) is 9.90 Å². The average molecular weight is 286 g/mol. The van der Waals surface area contributed by atoms with E-state index in [0.29, 0.717) is 18.0 Å². The van der Waals surface area contributed by atoms with Crippen molar-refractivity contribution in [3.8, 4) is 0 Å². The van der Waals surface area contributed by atoms with Gasteiger partial charge >= 0.3 is 5.97 Å². The standard InChI is InChI=1S/C14H20ClNO3/c1-9-8-11(5-6-12(9)15)14(19)10(2)16-7-3-4-13(17)18/h5-6,8,10,14,16,19H,3-4,7H2,1-2H3,(H,17,18). The Balaban J connectivity index is 2.49. The van der Waals surface area contributed by atoms with Gasteiger partial charge in [-0.2, -0.15) is 0 Å². The Bertz CT molecular complexity index is 437. The van der Waals surface area contributed by atoms with Crippen molar-refractivity contribution >= 4 is 17.6 Å². The largest absolute Gasteiger partial charge is 0.481 e. The number of carboxylic acid groups (broad SMARTS) is 1. The quantitative estimate of drug-likeness (QED) is 0.673. The predicted molar refractivity (Wildman–Crippen MR) is 75.5 cm³/mol. The Morgan fingerprint density at radius 1 is 1.47 bits per heavy atom. The van der Waals surface area contributed by atoms with Gasteiger partial charge in [0, 0.05) is 17.5 Å². The number of nitrogens with one attached hydrogen (secondary N) is 1. The lowest BCUT2D eigenvalue weighted by Gasteiger charge is -2.21. The summed E-state index contributed by atoms with van der Waals surface area (Å²) in [5.41, 5.74) is 1.73. The first-order valence-electron chi connectivity index (χ1n) is 6.31. The molecular weight excluding hydrogens is 266 g/mol. The third kappa shape index (κ3) is 5.19. The summed E-state index contributed by atoms with van der Waals surface area (Å²) in [4.78, 5) is 10.4. The molecule has 5 heteroatoms. The first-order valence-corrected chi connectivity index (χ1v) is 6.69. The average Bonchev–Trinajstić information content (AvgIpc) is 2.36. The predicted octanol–water partition coefficient (Wildman–Crippen LogP) is 2.52. The molecule has 2 atom stereocenters. The molecule has 0 amide bonds. The van der Waals surface area contributed by atoms with E-state index in [2.05, 4.69) is 5.32 Å². The number of halogens is 1. The number of aliphatic hydroxyl groups is 1. The molecule has 0 bridgehead atoms. The van der Waals surface area contributed by atoms with Gasteiger partial charge in [0.1, 0.15) is 0 Å². The summed E-state index contributed by atoms with van der Waals surface area (Å²) in [6, 6.07) is 5.29. The van der Waals surface area contributed by atoms with Crippen molar-refractivity contribution in [3.63, 3.8) is 0 Å². The molecule has 0 aromatic heterocycles. The molecule has 4 nitrogen and oxygen atoms in total. The maximum Gasteiger partial charge on any atom is 0.303 e. The molecule has 1 aromatic carbocycles. The molecule has 0 heterocycles. The minimum absolute atomic E-state index is 0.135. The Hall–Kier alpha value is -1.10. The van der Waals surface area contributed by atoms with Crippen LogP contribution in [0.3, 0.4) is 0 Å². The number of aliphatic carboxylic acids is 1. The van der Waals surface area contributed by atoms with Gasteiger partial charge in [0.15, 0.2) is 0 Å². The third-order valence-electron chi connectivity index (χ3n) is 3.03. The SMILES string of the molecule is Cc1cc(C(O)C(C)NCCCC(=O)O)ccc1Cl. The van der Waals surface area contributed by atoms with Gasteiger partial charge in [0.05, 0.1) is 6.10 Å². The van der Waals surface area contributed by atoms with Crippen LogP contribution in [0, 0.1) is 6.92 Å². The minimum Gasteiger partial charge on any atom is -0.481 e. The molecule has 0 spiro atoms. The van der Waals surface area contributed by atoms with Crippen molar-refractivity contribution < 1.29 is 15.0 Å². The van der Waals surface area contributed by atoms with Crippen molar-refractivity contribution in [1.82, 2.24) is 5.32 Å². The second-order valence-electron chi connectivity index (χ2n) is 4.69. The summed E-state index contributed by atoms with van der Waals surface area (Å²) in [6.45, 7) is 4.33. The van der Waals surface area contributed by atoms with E-state index in [4.69, 9.17) is 16.7 Å². The van der Waals surface area contributed by atoms with Crippen LogP contribution in [0.5, 0.6) is 0 Å². The van der Waals surface area contributed by atoms with E-state index in [1.807, 2.05) is 19.9 Å². The smallest absolute Gasteiger partial charge is 0.303 e. The molecule has 0 radical (unpaired) electrons. The van der Waals surface area contributed by atoms with Crippen molar-refractivity contribution in [2.45, 2.75) is 38.8 Å². The van der Waals surface area contributed by atoms with E-state index in [-0.39, 0.29) is 12.5 Å². The number of rotatable bonds is 7. The van der Waals surface area contributed by atoms with Crippen molar-refractivity contribution in [2.24, 2.45) is 0 Å². The molecule has 0 saturated carbocycles. The number of aryl methyl sites for hydroxylation is 1. The molecule has 19 heavy (non-hydrogen) atoms. The van der Waals surface area contributed by atoms with Crippen LogP contribution in [0.15, 0.2) is 18.2 Å². The molecule has 0 aliphatic carbocycles. The van der Waals surface area contributed by atoms with Crippen LogP contribution in [0.2, 0.25) is 5.02 Å². The zero-order valence-corrected chi connectivity index (χ0v) is 11.9. The molecule has 2 unspecified atom stereocenters. The topological polar surface area (TPSA) is 69.6 Å². The number of hydrogen-bond acceptors (Lipinski definition) is 3. The molecule has 106 valence electrons. The Morgan fingerprint density at radius 3 is 2.74 bits per heavy atom. The number of carboxylic acids is 1. The number of hydrogen-bond donors (Lipinski definition) is 3. The monoisotopic (exact) mass is 285 g/mol. The van der Waals surface area contributed by atoms with Gasteiger partial charge in [-0.15, -0.1) is 0 Å². The number of carbonyl (C=O) groups is 1. The molecule has 3 N–H and O–H groups in total. The zero-order chi connectivity index (χ0) is 14.4. The summed E-state index contributed by atoms with van der Waals surface area (Å²) < 4.78 is 0. The maximum absolute atomic E-state index is 10.4. The normalized spacial score (nSPS) is 14.1. The second kappa shape index (κ2) is 7.48. The summed E-state index contributed by atoms with van der Waals surface area (Å²) in [7, 11) is 0. The first-order chi connectivity index (χ1) is 8.91. The summed E-state index contributed by atoms with van der Waals surface area (Å²) in [5, 5.41) is 22.5. The second-order valence-corrected chi connectivity index (χ2v) is 5.10. The summed E-state index contributed by atoms with van der Waals surface area (Å²) in [6.07, 6.45) is 0.0443. The van der Waals surface area contributed by atoms with Gasteiger partial charge < -0.3 is 15.5 Å². The minimum atomic E-state index is -0.802. The van der Waals surface area contributed by atoms with Crippen molar-refractivity contribution in [2.75, 3.05) is 6.54 Å². The number of aliphatic hydroxyl groups excluding tert-OH is 1. The highest BCUT2D eigenvalue weighted by Crippen LogP contribution is 2.22. The Kier molecular flexibility index (Phi) is 6.28. The molecule has 1 aromatic rings. The van der Waals surface area contributed by atoms with Crippen LogP contribution in [0.1, 0.15) is 37.0 Å². The highest BCUT2D eigenvalue weighted by molar-refractivity contribution is 6.31. The molecule has 0 saturated heterocycles. The Labute approximate surface area is 118 Å².